The Morgan fingerprint density at radius 1 is 1.25 bits per heavy atom. The van der Waals surface area contributed by atoms with Crippen LogP contribution in [0.15, 0.2) is 36.4 Å². The predicted molar refractivity (Wildman–Crippen MR) is 84.3 cm³/mol. The summed E-state index contributed by atoms with van der Waals surface area (Å²) < 4.78 is 26.6. The van der Waals surface area contributed by atoms with E-state index in [2.05, 4.69) is 0 Å². The summed E-state index contributed by atoms with van der Waals surface area (Å²) in [7, 11) is -1.85. The molecular weight excluding hydrogens is 316 g/mol. The van der Waals surface area contributed by atoms with E-state index < -0.39 is 10.0 Å². The van der Waals surface area contributed by atoms with Gasteiger partial charge in [0.2, 0.25) is 10.0 Å². The number of para-hydroxylation sites is 1. The summed E-state index contributed by atoms with van der Waals surface area (Å²) in [6.45, 7) is 0.312. The van der Waals surface area contributed by atoms with E-state index in [9.17, 15) is 8.42 Å². The molecule has 0 aliphatic heterocycles. The highest BCUT2D eigenvalue weighted by Gasteiger charge is 2.20. The van der Waals surface area contributed by atoms with E-state index in [-0.39, 0.29) is 5.75 Å². The zero-order chi connectivity index (χ0) is 14.8. The molecule has 4 nitrogen and oxygen atoms in total. The molecule has 0 saturated heterocycles. The molecule has 0 bridgehead atoms. The number of benzene rings is 1. The van der Waals surface area contributed by atoms with E-state index >= 15 is 0 Å². The van der Waals surface area contributed by atoms with Crippen LogP contribution in [0.5, 0.6) is 0 Å². The van der Waals surface area contributed by atoms with Gasteiger partial charge in [-0.3, -0.25) is 0 Å². The van der Waals surface area contributed by atoms with Crippen molar-refractivity contribution in [1.29, 1.82) is 0 Å². The van der Waals surface area contributed by atoms with Gasteiger partial charge in [0.1, 0.15) is 0 Å². The molecule has 20 heavy (non-hydrogen) atoms. The van der Waals surface area contributed by atoms with E-state index in [1.54, 1.807) is 37.4 Å². The Labute approximate surface area is 127 Å². The number of hydrogen-bond donors (Lipinski definition) is 1. The lowest BCUT2D eigenvalue weighted by atomic mass is 10.2. The zero-order valence-electron chi connectivity index (χ0n) is 10.9. The molecule has 1 heterocycles. The van der Waals surface area contributed by atoms with Crippen LogP contribution in [0.2, 0.25) is 4.34 Å². The minimum Gasteiger partial charge on any atom is -0.398 e. The maximum atomic E-state index is 12.3. The van der Waals surface area contributed by atoms with Crippen molar-refractivity contribution in [3.8, 4) is 0 Å². The highest BCUT2D eigenvalue weighted by Crippen LogP contribution is 2.24. The molecule has 0 radical (unpaired) electrons. The van der Waals surface area contributed by atoms with Crippen LogP contribution in [0.25, 0.3) is 0 Å². The maximum Gasteiger partial charge on any atom is 0.218 e. The van der Waals surface area contributed by atoms with Crippen LogP contribution in [0.1, 0.15) is 10.4 Å². The molecule has 1 aromatic carbocycles. The van der Waals surface area contributed by atoms with Gasteiger partial charge in [0.05, 0.1) is 10.1 Å². The Balaban J connectivity index is 2.12. The summed E-state index contributed by atoms with van der Waals surface area (Å²) in [5, 5.41) is 0. The van der Waals surface area contributed by atoms with Crippen LogP contribution in [0.3, 0.4) is 0 Å². The molecule has 2 N–H and O–H groups in total. The van der Waals surface area contributed by atoms with Gasteiger partial charge in [-0.25, -0.2) is 8.42 Å². The molecule has 0 amide bonds. The summed E-state index contributed by atoms with van der Waals surface area (Å²) >= 11 is 7.22. The lowest BCUT2D eigenvalue weighted by Crippen LogP contribution is -2.27. The second kappa shape index (κ2) is 6.13. The summed E-state index contributed by atoms with van der Waals surface area (Å²) in [5.74, 6) is -0.102. The third kappa shape index (κ3) is 3.73. The number of nitrogens with two attached hydrogens (primary N) is 1. The van der Waals surface area contributed by atoms with E-state index in [4.69, 9.17) is 17.3 Å². The van der Waals surface area contributed by atoms with Crippen molar-refractivity contribution in [2.75, 3.05) is 12.8 Å². The van der Waals surface area contributed by atoms with Gasteiger partial charge in [-0.2, -0.15) is 4.31 Å². The number of nitrogen functional groups attached to an aromatic ring is 1. The SMILES string of the molecule is CN(Cc1ccc(Cl)s1)S(=O)(=O)Cc1ccccc1N. The first kappa shape index (κ1) is 15.3. The lowest BCUT2D eigenvalue weighted by molar-refractivity contribution is 0.469. The van der Waals surface area contributed by atoms with E-state index in [1.165, 1.54) is 15.6 Å². The molecule has 0 aliphatic rings. The molecule has 2 rings (SSSR count). The molecule has 0 unspecified atom stereocenters. The molecule has 0 spiro atoms. The quantitative estimate of drug-likeness (QED) is 0.857. The van der Waals surface area contributed by atoms with Gasteiger partial charge in [0, 0.05) is 24.2 Å². The van der Waals surface area contributed by atoms with Crippen molar-refractivity contribution < 1.29 is 8.42 Å². The van der Waals surface area contributed by atoms with Crippen LogP contribution in [0, 0.1) is 0 Å². The Morgan fingerprint density at radius 3 is 2.55 bits per heavy atom. The predicted octanol–water partition coefficient (Wildman–Crippen LogP) is 2.95. The van der Waals surface area contributed by atoms with Gasteiger partial charge in [-0.1, -0.05) is 29.8 Å². The normalized spacial score (nSPS) is 11.9. The van der Waals surface area contributed by atoms with Crippen LogP contribution < -0.4 is 5.73 Å². The molecule has 0 fully saturated rings. The average molecular weight is 331 g/mol. The van der Waals surface area contributed by atoms with E-state index in [0.29, 0.717) is 22.1 Å². The van der Waals surface area contributed by atoms with Crippen molar-refractivity contribution in [2.45, 2.75) is 12.3 Å². The molecule has 2 aromatic rings. The number of hydrogen-bond acceptors (Lipinski definition) is 4. The number of sulfonamides is 1. The Bertz CT molecular complexity index is 698. The fourth-order valence-corrected chi connectivity index (χ4v) is 4.16. The zero-order valence-corrected chi connectivity index (χ0v) is 13.3. The highest BCUT2D eigenvalue weighted by molar-refractivity contribution is 7.88. The van der Waals surface area contributed by atoms with Crippen molar-refractivity contribution >= 4 is 38.6 Å². The molecule has 7 heteroatoms. The first-order valence-electron chi connectivity index (χ1n) is 5.90. The van der Waals surface area contributed by atoms with Crippen molar-refractivity contribution in [1.82, 2.24) is 4.31 Å². The Morgan fingerprint density at radius 2 is 1.95 bits per heavy atom. The second-order valence-electron chi connectivity index (χ2n) is 4.42. The molecule has 108 valence electrons. The molecule has 0 saturated carbocycles. The standard InChI is InChI=1S/C13H15ClN2O2S2/c1-16(8-11-6-7-13(14)19-11)20(17,18)9-10-4-2-3-5-12(10)15/h2-7H,8-9,15H2,1H3. The summed E-state index contributed by atoms with van der Waals surface area (Å²) in [4.78, 5) is 0.905. The highest BCUT2D eigenvalue weighted by atomic mass is 35.5. The largest absolute Gasteiger partial charge is 0.398 e. The van der Waals surface area contributed by atoms with Gasteiger partial charge >= 0.3 is 0 Å². The van der Waals surface area contributed by atoms with Gasteiger partial charge < -0.3 is 5.73 Å². The minimum absolute atomic E-state index is 0.102. The summed E-state index contributed by atoms with van der Waals surface area (Å²) in [6, 6.07) is 10.6. The first-order valence-corrected chi connectivity index (χ1v) is 8.70. The van der Waals surface area contributed by atoms with Crippen LogP contribution in [-0.4, -0.2) is 19.8 Å². The number of rotatable bonds is 5. The second-order valence-corrected chi connectivity index (χ2v) is 8.29. The van der Waals surface area contributed by atoms with E-state index in [0.717, 1.165) is 4.88 Å². The average Bonchev–Trinajstić information content (AvgIpc) is 2.77. The van der Waals surface area contributed by atoms with Crippen LogP contribution >= 0.6 is 22.9 Å². The number of anilines is 1. The number of thiophene rings is 1. The third-order valence-electron chi connectivity index (χ3n) is 2.88. The monoisotopic (exact) mass is 330 g/mol. The smallest absolute Gasteiger partial charge is 0.218 e. The maximum absolute atomic E-state index is 12.3. The Kier molecular flexibility index (Phi) is 4.70. The number of halogens is 1. The van der Waals surface area contributed by atoms with E-state index in [1.807, 2.05) is 6.07 Å². The molecular formula is C13H15ClN2O2S2. The van der Waals surface area contributed by atoms with Gasteiger partial charge in [0.25, 0.3) is 0 Å². The van der Waals surface area contributed by atoms with Gasteiger partial charge in [-0.05, 0) is 23.8 Å². The fraction of sp³-hybridized carbons (Fsp3) is 0.231. The van der Waals surface area contributed by atoms with Crippen molar-refractivity contribution in [3.05, 3.63) is 51.2 Å². The Hall–Kier alpha value is -1.08. The summed E-state index contributed by atoms with van der Waals surface area (Å²) in [5.41, 5.74) is 6.89. The molecule has 0 atom stereocenters. The lowest BCUT2D eigenvalue weighted by Gasteiger charge is -2.17. The first-order chi connectivity index (χ1) is 9.38. The van der Waals surface area contributed by atoms with Gasteiger partial charge in [-0.15, -0.1) is 11.3 Å². The van der Waals surface area contributed by atoms with Crippen molar-refractivity contribution in [3.63, 3.8) is 0 Å². The third-order valence-corrected chi connectivity index (χ3v) is 5.85. The van der Waals surface area contributed by atoms with Crippen molar-refractivity contribution in [2.24, 2.45) is 0 Å². The fourth-order valence-electron chi connectivity index (χ4n) is 1.73. The topological polar surface area (TPSA) is 63.4 Å². The number of nitrogens with zero attached hydrogens (tertiary/aromatic N) is 1. The molecule has 0 aliphatic carbocycles. The van der Waals surface area contributed by atoms with Crippen LogP contribution in [0.4, 0.5) is 5.69 Å². The minimum atomic E-state index is -3.41. The molecule has 1 aromatic heterocycles. The van der Waals surface area contributed by atoms with Crippen LogP contribution in [-0.2, 0) is 22.3 Å². The van der Waals surface area contributed by atoms with Gasteiger partial charge in [0.15, 0.2) is 0 Å². The summed E-state index contributed by atoms with van der Waals surface area (Å²) in [6.07, 6.45) is 0.